The third kappa shape index (κ3) is 1.98. The fourth-order valence-electron chi connectivity index (χ4n) is 3.24. The van der Waals surface area contributed by atoms with Gasteiger partial charge in [-0.1, -0.05) is 18.2 Å². The molecule has 1 N–H and O–H groups in total. The summed E-state index contributed by atoms with van der Waals surface area (Å²) >= 11 is 0. The van der Waals surface area contributed by atoms with Crippen LogP contribution in [0.25, 0.3) is 33.9 Å². The van der Waals surface area contributed by atoms with E-state index < -0.39 is 0 Å². The largest absolute Gasteiger partial charge is 0.282 e. The Labute approximate surface area is 147 Å². The Morgan fingerprint density at radius 2 is 1.96 bits per heavy atom. The van der Waals surface area contributed by atoms with E-state index in [2.05, 4.69) is 30.4 Å². The van der Waals surface area contributed by atoms with Gasteiger partial charge in [0, 0.05) is 11.6 Å². The first kappa shape index (κ1) is 13.7. The highest BCUT2D eigenvalue weighted by Crippen LogP contribution is 2.39. The molecule has 0 atom stereocenters. The van der Waals surface area contributed by atoms with E-state index in [1.54, 1.807) is 17.0 Å². The average Bonchev–Trinajstić information content (AvgIpc) is 3.11. The number of hydrogen-bond donors (Lipinski definition) is 1. The number of aromatic amines is 1. The number of fused-ring (bicyclic) bond motifs is 3. The number of nitrogens with one attached hydrogen (secondary N) is 1. The Kier molecular flexibility index (Phi) is 2.62. The smallest absolute Gasteiger partial charge is 0.202 e. The molecule has 0 spiro atoms. The van der Waals surface area contributed by atoms with Gasteiger partial charge < -0.3 is 0 Å². The zero-order valence-corrected chi connectivity index (χ0v) is 13.7. The Morgan fingerprint density at radius 1 is 1.08 bits per heavy atom. The summed E-state index contributed by atoms with van der Waals surface area (Å²) in [6.07, 6.45) is 5.90. The maximum Gasteiger partial charge on any atom is 0.202 e. The minimum absolute atomic E-state index is 0.593. The highest BCUT2D eigenvalue weighted by molar-refractivity contribution is 5.89. The van der Waals surface area contributed by atoms with Crippen LogP contribution in [0.5, 0.6) is 0 Å². The number of nitrogens with zero attached hydrogens (tertiary/aromatic N) is 7. The van der Waals surface area contributed by atoms with E-state index in [1.165, 1.54) is 18.5 Å². The molecular formula is C18H14N8. The first-order chi connectivity index (χ1) is 12.9. The highest BCUT2D eigenvalue weighted by atomic mass is 15.4. The molecule has 0 amide bonds. The fourth-order valence-corrected chi connectivity index (χ4v) is 3.24. The summed E-state index contributed by atoms with van der Waals surface area (Å²) < 4.78 is 3.49. The van der Waals surface area contributed by atoms with Crippen LogP contribution in [0.15, 0.2) is 48.9 Å². The second kappa shape index (κ2) is 4.98. The molecule has 1 aromatic carbocycles. The summed E-state index contributed by atoms with van der Waals surface area (Å²) in [6, 6.07) is 12.0. The van der Waals surface area contributed by atoms with E-state index in [4.69, 9.17) is 0 Å². The number of para-hydroxylation sites is 1. The van der Waals surface area contributed by atoms with Gasteiger partial charge in [-0.25, -0.2) is 19.2 Å². The molecule has 6 rings (SSSR count). The molecule has 0 unspecified atom stereocenters. The summed E-state index contributed by atoms with van der Waals surface area (Å²) in [7, 11) is 0. The van der Waals surface area contributed by atoms with E-state index in [0.717, 1.165) is 28.1 Å². The molecule has 0 bridgehead atoms. The van der Waals surface area contributed by atoms with Gasteiger partial charge in [0.05, 0.1) is 17.3 Å². The second-order valence-electron chi connectivity index (χ2n) is 6.56. The van der Waals surface area contributed by atoms with Gasteiger partial charge in [0.2, 0.25) is 5.82 Å². The van der Waals surface area contributed by atoms with Gasteiger partial charge in [0.1, 0.15) is 12.0 Å². The maximum absolute atomic E-state index is 4.69. The van der Waals surface area contributed by atoms with Crippen LogP contribution in [0, 0.1) is 0 Å². The lowest BCUT2D eigenvalue weighted by Gasteiger charge is -2.01. The van der Waals surface area contributed by atoms with E-state index in [0.29, 0.717) is 11.7 Å². The molecule has 1 aliphatic rings. The van der Waals surface area contributed by atoms with E-state index in [9.17, 15) is 0 Å². The molecule has 1 fully saturated rings. The molecule has 1 aliphatic carbocycles. The lowest BCUT2D eigenvalue weighted by atomic mass is 10.2. The summed E-state index contributed by atoms with van der Waals surface area (Å²) in [5.41, 5.74) is 4.37. The molecule has 126 valence electrons. The minimum Gasteiger partial charge on any atom is -0.282 e. The number of benzene rings is 1. The van der Waals surface area contributed by atoms with Crippen molar-refractivity contribution in [3.05, 3.63) is 54.6 Å². The Balaban J connectivity index is 1.51. The molecule has 8 heteroatoms. The first-order valence-corrected chi connectivity index (χ1v) is 8.57. The van der Waals surface area contributed by atoms with Crippen LogP contribution in [0.1, 0.15) is 24.5 Å². The topological polar surface area (TPSA) is 89.6 Å². The van der Waals surface area contributed by atoms with Crippen molar-refractivity contribution < 1.29 is 0 Å². The van der Waals surface area contributed by atoms with Crippen molar-refractivity contribution in [3.8, 4) is 17.2 Å². The van der Waals surface area contributed by atoms with Crippen molar-refractivity contribution in [1.82, 2.24) is 39.6 Å². The Hall–Kier alpha value is -3.55. The molecule has 0 saturated heterocycles. The van der Waals surface area contributed by atoms with Crippen molar-refractivity contribution in [2.45, 2.75) is 18.8 Å². The third-order valence-electron chi connectivity index (χ3n) is 4.75. The average molecular weight is 342 g/mol. The monoisotopic (exact) mass is 342 g/mol. The lowest BCUT2D eigenvalue weighted by Crippen LogP contribution is -1.98. The quantitative estimate of drug-likeness (QED) is 0.544. The lowest BCUT2D eigenvalue weighted by molar-refractivity contribution is 0.882. The van der Waals surface area contributed by atoms with Crippen molar-refractivity contribution in [3.63, 3.8) is 0 Å². The zero-order chi connectivity index (χ0) is 17.1. The minimum atomic E-state index is 0.593. The SMILES string of the molecule is c1ccc(-n2ncc3c2ncn2nc(-c4cc(C5CC5)[nH]n4)nc32)cc1. The number of rotatable bonds is 3. The van der Waals surface area contributed by atoms with Crippen molar-refractivity contribution in [2.75, 3.05) is 0 Å². The Morgan fingerprint density at radius 3 is 2.81 bits per heavy atom. The van der Waals surface area contributed by atoms with Crippen LogP contribution in [-0.2, 0) is 0 Å². The van der Waals surface area contributed by atoms with Crippen LogP contribution < -0.4 is 0 Å². The zero-order valence-electron chi connectivity index (χ0n) is 13.7. The predicted octanol–water partition coefficient (Wildman–Crippen LogP) is 2.73. The summed E-state index contributed by atoms with van der Waals surface area (Å²) in [5.74, 6) is 1.21. The molecule has 0 radical (unpaired) electrons. The fraction of sp³-hybridized carbons (Fsp3) is 0.167. The Bertz CT molecular complexity index is 1240. The van der Waals surface area contributed by atoms with Gasteiger partial charge >= 0.3 is 0 Å². The van der Waals surface area contributed by atoms with Crippen molar-refractivity contribution >= 4 is 16.7 Å². The van der Waals surface area contributed by atoms with Gasteiger partial charge in [-0.3, -0.25) is 5.10 Å². The summed E-state index contributed by atoms with van der Waals surface area (Å²) in [4.78, 5) is 9.22. The van der Waals surface area contributed by atoms with Gasteiger partial charge in [-0.15, -0.1) is 5.10 Å². The van der Waals surface area contributed by atoms with E-state index in [-0.39, 0.29) is 0 Å². The molecule has 4 heterocycles. The van der Waals surface area contributed by atoms with Gasteiger partial charge in [-0.2, -0.15) is 10.2 Å². The van der Waals surface area contributed by atoms with Crippen LogP contribution in [-0.4, -0.2) is 39.6 Å². The van der Waals surface area contributed by atoms with Crippen molar-refractivity contribution in [2.24, 2.45) is 0 Å². The molecule has 8 nitrogen and oxygen atoms in total. The molecule has 1 saturated carbocycles. The van der Waals surface area contributed by atoms with Crippen molar-refractivity contribution in [1.29, 1.82) is 0 Å². The normalized spacial score (nSPS) is 14.5. The summed E-state index contributed by atoms with van der Waals surface area (Å²) in [6.45, 7) is 0. The number of aromatic nitrogens is 8. The van der Waals surface area contributed by atoms with Gasteiger partial charge in [-0.05, 0) is 31.0 Å². The van der Waals surface area contributed by atoms with E-state index in [1.807, 2.05) is 41.1 Å². The van der Waals surface area contributed by atoms with Gasteiger partial charge in [0.15, 0.2) is 11.3 Å². The molecule has 5 aromatic rings. The number of H-pyrrole nitrogens is 1. The van der Waals surface area contributed by atoms with Crippen LogP contribution in [0.2, 0.25) is 0 Å². The van der Waals surface area contributed by atoms with Crippen LogP contribution in [0.3, 0.4) is 0 Å². The second-order valence-corrected chi connectivity index (χ2v) is 6.56. The molecule has 0 aliphatic heterocycles. The standard InChI is InChI=1S/C18H14N8/c1-2-4-12(5-3-1)26-17-13(9-20-26)18-21-16(24-25(18)10-19-17)15-8-14(22-23-15)11-6-7-11/h1-5,8-11H,6-7H2,(H,22,23). The number of hydrogen-bond acceptors (Lipinski definition) is 5. The maximum atomic E-state index is 4.69. The predicted molar refractivity (Wildman–Crippen MR) is 95.0 cm³/mol. The highest BCUT2D eigenvalue weighted by Gasteiger charge is 2.26. The van der Waals surface area contributed by atoms with Crippen LogP contribution >= 0.6 is 0 Å². The molecule has 26 heavy (non-hydrogen) atoms. The molecular weight excluding hydrogens is 328 g/mol. The third-order valence-corrected chi connectivity index (χ3v) is 4.75. The molecule has 4 aromatic heterocycles. The summed E-state index contributed by atoms with van der Waals surface area (Å²) in [5, 5.41) is 17.3. The van der Waals surface area contributed by atoms with Gasteiger partial charge in [0.25, 0.3) is 0 Å². The van der Waals surface area contributed by atoms with E-state index >= 15 is 0 Å². The van der Waals surface area contributed by atoms with Crippen LogP contribution in [0.4, 0.5) is 0 Å². The first-order valence-electron chi connectivity index (χ1n) is 8.57.